The molecule has 1 aliphatic rings. The topological polar surface area (TPSA) is 51.8 Å². The summed E-state index contributed by atoms with van der Waals surface area (Å²) < 4.78 is 0. The fourth-order valence-corrected chi connectivity index (χ4v) is 2.61. The fraction of sp³-hybridized carbons (Fsp3) is 0.385. The lowest BCUT2D eigenvalue weighted by atomic mass is 9.96. The molecule has 3 rings (SSSR count). The van der Waals surface area contributed by atoms with Crippen molar-refractivity contribution in [2.45, 2.75) is 31.6 Å². The van der Waals surface area contributed by atoms with E-state index in [1.165, 1.54) is 37.6 Å². The quantitative estimate of drug-likeness (QED) is 0.792. The summed E-state index contributed by atoms with van der Waals surface area (Å²) in [4.78, 5) is 8.26. The van der Waals surface area contributed by atoms with E-state index in [2.05, 4.69) is 28.2 Å². The Hall–Kier alpha value is -1.64. The van der Waals surface area contributed by atoms with Crippen LogP contribution in [-0.4, -0.2) is 9.97 Å². The van der Waals surface area contributed by atoms with E-state index >= 15 is 0 Å². The first-order valence-electron chi connectivity index (χ1n) is 5.85. The van der Waals surface area contributed by atoms with Crippen LogP contribution in [0.5, 0.6) is 0 Å². The Kier molecular flexibility index (Phi) is 2.24. The molecule has 2 aromatic rings. The van der Waals surface area contributed by atoms with Crippen LogP contribution in [-0.2, 0) is 0 Å². The third-order valence-corrected chi connectivity index (χ3v) is 3.52. The van der Waals surface area contributed by atoms with Crippen molar-refractivity contribution >= 4 is 16.7 Å². The molecule has 0 unspecified atom stereocenters. The number of anilines is 1. The van der Waals surface area contributed by atoms with Crippen molar-refractivity contribution < 1.29 is 0 Å². The molecule has 0 spiro atoms. The molecule has 16 heavy (non-hydrogen) atoms. The van der Waals surface area contributed by atoms with Gasteiger partial charge in [-0.3, -0.25) is 0 Å². The highest BCUT2D eigenvalue weighted by Crippen LogP contribution is 2.35. The first-order chi connectivity index (χ1) is 7.84. The molecule has 82 valence electrons. The molecule has 1 saturated carbocycles. The molecule has 0 atom stereocenters. The lowest BCUT2D eigenvalue weighted by Gasteiger charge is -2.10. The van der Waals surface area contributed by atoms with Crippen molar-refractivity contribution in [3.63, 3.8) is 0 Å². The summed E-state index contributed by atoms with van der Waals surface area (Å²) in [5.74, 6) is 1.30. The summed E-state index contributed by atoms with van der Waals surface area (Å²) in [7, 11) is 0. The molecule has 0 saturated heterocycles. The van der Waals surface area contributed by atoms with E-state index < -0.39 is 0 Å². The van der Waals surface area contributed by atoms with Crippen LogP contribution in [0.15, 0.2) is 24.5 Å². The van der Waals surface area contributed by atoms with E-state index in [1.807, 2.05) is 0 Å². The van der Waals surface area contributed by atoms with Crippen LogP contribution < -0.4 is 5.73 Å². The van der Waals surface area contributed by atoms with E-state index in [-0.39, 0.29) is 0 Å². The number of nitrogens with two attached hydrogens (primary N) is 1. The third-order valence-electron chi connectivity index (χ3n) is 3.52. The van der Waals surface area contributed by atoms with Gasteiger partial charge in [-0.2, -0.15) is 0 Å². The number of hydrogen-bond donors (Lipinski definition) is 1. The Bertz CT molecular complexity index is 516. The Morgan fingerprint density at radius 1 is 1.12 bits per heavy atom. The minimum atomic E-state index is 0.588. The summed E-state index contributed by atoms with van der Waals surface area (Å²) in [5, 5.41) is 0.993. The molecule has 0 radical (unpaired) electrons. The molecule has 0 aliphatic heterocycles. The van der Waals surface area contributed by atoms with E-state index in [4.69, 9.17) is 5.73 Å². The number of benzene rings is 1. The molecule has 0 amide bonds. The molecule has 3 heteroatoms. The average molecular weight is 213 g/mol. The smallest absolute Gasteiger partial charge is 0.134 e. The Balaban J connectivity index is 2.10. The maximum absolute atomic E-state index is 5.87. The predicted octanol–water partition coefficient (Wildman–Crippen LogP) is 2.87. The summed E-state index contributed by atoms with van der Waals surface area (Å²) in [6.07, 6.45) is 6.83. The zero-order valence-electron chi connectivity index (χ0n) is 9.19. The SMILES string of the molecule is Nc1ncnc2ccc(C3CCCC3)cc12. The van der Waals surface area contributed by atoms with Crippen molar-refractivity contribution in [2.24, 2.45) is 0 Å². The first-order valence-corrected chi connectivity index (χ1v) is 5.85. The second-order valence-corrected chi connectivity index (χ2v) is 4.52. The molecular formula is C13H15N3. The van der Waals surface area contributed by atoms with Gasteiger partial charge >= 0.3 is 0 Å². The molecule has 2 N–H and O–H groups in total. The molecule has 1 aromatic carbocycles. The number of nitrogen functional groups attached to an aromatic ring is 1. The summed E-state index contributed by atoms with van der Waals surface area (Å²) in [5.41, 5.74) is 8.21. The number of hydrogen-bond acceptors (Lipinski definition) is 3. The Morgan fingerprint density at radius 3 is 2.75 bits per heavy atom. The van der Waals surface area contributed by atoms with Crippen LogP contribution in [0, 0.1) is 0 Å². The third kappa shape index (κ3) is 1.52. The summed E-state index contributed by atoms with van der Waals surface area (Å²) in [6, 6.07) is 6.41. The van der Waals surface area contributed by atoms with Gasteiger partial charge in [-0.05, 0) is 36.5 Å². The largest absolute Gasteiger partial charge is 0.383 e. The highest BCUT2D eigenvalue weighted by atomic mass is 14.9. The van der Waals surface area contributed by atoms with Gasteiger partial charge in [0, 0.05) is 5.39 Å². The van der Waals surface area contributed by atoms with Crippen LogP contribution in [0.3, 0.4) is 0 Å². The Morgan fingerprint density at radius 2 is 1.94 bits per heavy atom. The highest BCUT2D eigenvalue weighted by molar-refractivity contribution is 5.88. The predicted molar refractivity (Wildman–Crippen MR) is 65.2 cm³/mol. The maximum Gasteiger partial charge on any atom is 0.134 e. The van der Waals surface area contributed by atoms with Crippen molar-refractivity contribution in [3.05, 3.63) is 30.1 Å². The monoisotopic (exact) mass is 213 g/mol. The molecule has 3 nitrogen and oxygen atoms in total. The van der Waals surface area contributed by atoms with Crippen LogP contribution in [0.4, 0.5) is 5.82 Å². The minimum absolute atomic E-state index is 0.588. The lowest BCUT2D eigenvalue weighted by molar-refractivity contribution is 0.724. The molecule has 0 bridgehead atoms. The Labute approximate surface area is 94.7 Å². The van der Waals surface area contributed by atoms with E-state index in [0.29, 0.717) is 11.7 Å². The van der Waals surface area contributed by atoms with Crippen molar-refractivity contribution in [1.29, 1.82) is 0 Å². The van der Waals surface area contributed by atoms with Gasteiger partial charge in [0.1, 0.15) is 12.1 Å². The van der Waals surface area contributed by atoms with Crippen molar-refractivity contribution in [1.82, 2.24) is 9.97 Å². The standard InChI is InChI=1S/C13H15N3/c14-13-11-7-10(9-3-1-2-4-9)5-6-12(11)15-8-16-13/h5-9H,1-4H2,(H2,14,15,16). The number of fused-ring (bicyclic) bond motifs is 1. The summed E-state index contributed by atoms with van der Waals surface area (Å²) >= 11 is 0. The van der Waals surface area contributed by atoms with E-state index in [1.54, 1.807) is 0 Å². The van der Waals surface area contributed by atoms with E-state index in [0.717, 1.165) is 10.9 Å². The van der Waals surface area contributed by atoms with Gasteiger partial charge in [0.25, 0.3) is 0 Å². The van der Waals surface area contributed by atoms with Crippen molar-refractivity contribution in [2.75, 3.05) is 5.73 Å². The molecule has 1 aromatic heterocycles. The van der Waals surface area contributed by atoms with Crippen LogP contribution in [0.1, 0.15) is 37.2 Å². The second kappa shape index (κ2) is 3.74. The van der Waals surface area contributed by atoms with Crippen molar-refractivity contribution in [3.8, 4) is 0 Å². The number of nitrogens with zero attached hydrogens (tertiary/aromatic N) is 2. The fourth-order valence-electron chi connectivity index (χ4n) is 2.61. The molecule has 1 aliphatic carbocycles. The molecule has 1 fully saturated rings. The van der Waals surface area contributed by atoms with Gasteiger partial charge in [0.05, 0.1) is 5.52 Å². The summed E-state index contributed by atoms with van der Waals surface area (Å²) in [6.45, 7) is 0. The second-order valence-electron chi connectivity index (χ2n) is 4.52. The van der Waals surface area contributed by atoms with Gasteiger partial charge in [-0.25, -0.2) is 9.97 Å². The average Bonchev–Trinajstić information content (AvgIpc) is 2.83. The number of aromatic nitrogens is 2. The van der Waals surface area contributed by atoms with Crippen LogP contribution >= 0.6 is 0 Å². The molecular weight excluding hydrogens is 198 g/mol. The van der Waals surface area contributed by atoms with E-state index in [9.17, 15) is 0 Å². The number of rotatable bonds is 1. The van der Waals surface area contributed by atoms with Gasteiger partial charge in [-0.1, -0.05) is 18.9 Å². The van der Waals surface area contributed by atoms with Gasteiger partial charge in [0.15, 0.2) is 0 Å². The normalized spacial score (nSPS) is 17.0. The lowest BCUT2D eigenvalue weighted by Crippen LogP contribution is -1.96. The zero-order chi connectivity index (χ0) is 11.0. The van der Waals surface area contributed by atoms with Crippen LogP contribution in [0.2, 0.25) is 0 Å². The van der Waals surface area contributed by atoms with Gasteiger partial charge in [-0.15, -0.1) is 0 Å². The van der Waals surface area contributed by atoms with Crippen LogP contribution in [0.25, 0.3) is 10.9 Å². The first kappa shape index (κ1) is 9.58. The maximum atomic E-state index is 5.87. The zero-order valence-corrected chi connectivity index (χ0v) is 9.19. The highest BCUT2D eigenvalue weighted by Gasteiger charge is 2.17. The van der Waals surface area contributed by atoms with Gasteiger partial charge < -0.3 is 5.73 Å². The van der Waals surface area contributed by atoms with Gasteiger partial charge in [0.2, 0.25) is 0 Å². The molecule has 1 heterocycles. The minimum Gasteiger partial charge on any atom is -0.383 e.